The van der Waals surface area contributed by atoms with E-state index >= 15 is 0 Å². The SMILES string of the molecule is COc1cc2ccccc2cc1C(=O)NN=Cc1ccc(C(C)(C)C)cc1. The van der Waals surface area contributed by atoms with Crippen molar-refractivity contribution in [1.82, 2.24) is 5.43 Å². The first-order valence-corrected chi connectivity index (χ1v) is 8.89. The van der Waals surface area contributed by atoms with E-state index in [2.05, 4.69) is 43.4 Å². The minimum atomic E-state index is -0.305. The highest BCUT2D eigenvalue weighted by molar-refractivity contribution is 6.01. The Morgan fingerprint density at radius 3 is 2.22 bits per heavy atom. The smallest absolute Gasteiger partial charge is 0.275 e. The van der Waals surface area contributed by atoms with Crippen LogP contribution in [0, 0.1) is 0 Å². The first kappa shape index (κ1) is 18.6. The molecule has 0 bridgehead atoms. The van der Waals surface area contributed by atoms with Crippen LogP contribution in [-0.2, 0) is 5.41 Å². The zero-order valence-corrected chi connectivity index (χ0v) is 16.1. The number of carbonyl (C=O) groups is 1. The van der Waals surface area contributed by atoms with Crippen LogP contribution in [0.25, 0.3) is 10.8 Å². The van der Waals surface area contributed by atoms with Crippen LogP contribution in [0.2, 0.25) is 0 Å². The van der Waals surface area contributed by atoms with Gasteiger partial charge >= 0.3 is 0 Å². The van der Waals surface area contributed by atoms with Gasteiger partial charge in [0.15, 0.2) is 0 Å². The molecule has 1 N–H and O–H groups in total. The van der Waals surface area contributed by atoms with E-state index < -0.39 is 0 Å². The van der Waals surface area contributed by atoms with Crippen LogP contribution in [0.3, 0.4) is 0 Å². The predicted octanol–water partition coefficient (Wildman–Crippen LogP) is 4.91. The van der Waals surface area contributed by atoms with Crippen LogP contribution in [0.5, 0.6) is 5.75 Å². The van der Waals surface area contributed by atoms with Gasteiger partial charge in [-0.3, -0.25) is 4.79 Å². The lowest BCUT2D eigenvalue weighted by molar-refractivity contribution is 0.0952. The van der Waals surface area contributed by atoms with Gasteiger partial charge in [0.25, 0.3) is 5.91 Å². The molecule has 3 rings (SSSR count). The van der Waals surface area contributed by atoms with Gasteiger partial charge in [0.2, 0.25) is 0 Å². The lowest BCUT2D eigenvalue weighted by atomic mass is 9.87. The Bertz CT molecular complexity index is 983. The van der Waals surface area contributed by atoms with Crippen LogP contribution >= 0.6 is 0 Å². The molecule has 0 atom stereocenters. The fraction of sp³-hybridized carbons (Fsp3) is 0.217. The van der Waals surface area contributed by atoms with Gasteiger partial charge in [-0.25, -0.2) is 5.43 Å². The van der Waals surface area contributed by atoms with Crippen molar-refractivity contribution in [3.05, 3.63) is 77.4 Å². The molecule has 0 fully saturated rings. The third kappa shape index (κ3) is 4.34. The summed E-state index contributed by atoms with van der Waals surface area (Å²) < 4.78 is 5.37. The quantitative estimate of drug-likeness (QED) is 0.531. The first-order chi connectivity index (χ1) is 12.9. The van der Waals surface area contributed by atoms with Crippen molar-refractivity contribution in [2.45, 2.75) is 26.2 Å². The summed E-state index contributed by atoms with van der Waals surface area (Å²) in [5, 5.41) is 6.08. The van der Waals surface area contributed by atoms with Gasteiger partial charge in [-0.05, 0) is 39.4 Å². The third-order valence-corrected chi connectivity index (χ3v) is 4.47. The summed E-state index contributed by atoms with van der Waals surface area (Å²) in [5.41, 5.74) is 5.32. The molecule has 0 aliphatic carbocycles. The Labute approximate surface area is 159 Å². The van der Waals surface area contributed by atoms with Crippen molar-refractivity contribution < 1.29 is 9.53 Å². The molecule has 0 heterocycles. The van der Waals surface area contributed by atoms with Crippen molar-refractivity contribution >= 4 is 22.9 Å². The second-order valence-electron chi connectivity index (χ2n) is 7.47. The summed E-state index contributed by atoms with van der Waals surface area (Å²) in [5.74, 6) is 0.219. The summed E-state index contributed by atoms with van der Waals surface area (Å²) in [4.78, 5) is 12.5. The van der Waals surface area contributed by atoms with E-state index in [9.17, 15) is 4.79 Å². The Morgan fingerprint density at radius 1 is 1.00 bits per heavy atom. The molecule has 0 spiro atoms. The molecule has 0 radical (unpaired) electrons. The van der Waals surface area contributed by atoms with Gasteiger partial charge in [-0.2, -0.15) is 5.10 Å². The third-order valence-electron chi connectivity index (χ3n) is 4.47. The lowest BCUT2D eigenvalue weighted by Gasteiger charge is -2.18. The molecule has 0 saturated heterocycles. The van der Waals surface area contributed by atoms with E-state index in [0.717, 1.165) is 16.3 Å². The van der Waals surface area contributed by atoms with Gasteiger partial charge in [0.1, 0.15) is 5.75 Å². The van der Waals surface area contributed by atoms with Crippen LogP contribution < -0.4 is 10.2 Å². The van der Waals surface area contributed by atoms with Gasteiger partial charge < -0.3 is 4.74 Å². The molecule has 138 valence electrons. The zero-order valence-electron chi connectivity index (χ0n) is 16.1. The summed E-state index contributed by atoms with van der Waals surface area (Å²) in [6.45, 7) is 6.52. The normalized spacial score (nSPS) is 11.7. The van der Waals surface area contributed by atoms with Crippen LogP contribution in [0.15, 0.2) is 65.8 Å². The van der Waals surface area contributed by atoms with Crippen LogP contribution in [0.1, 0.15) is 42.3 Å². The molecular formula is C23H24N2O2. The zero-order chi connectivity index (χ0) is 19.4. The fourth-order valence-electron chi connectivity index (χ4n) is 2.86. The maximum absolute atomic E-state index is 12.5. The molecule has 0 aromatic heterocycles. The van der Waals surface area contributed by atoms with Crippen LogP contribution in [0.4, 0.5) is 0 Å². The average Bonchev–Trinajstić information content (AvgIpc) is 2.66. The minimum absolute atomic E-state index is 0.108. The van der Waals surface area contributed by atoms with Gasteiger partial charge in [0, 0.05) is 0 Å². The summed E-state index contributed by atoms with van der Waals surface area (Å²) in [6, 6.07) is 19.7. The summed E-state index contributed by atoms with van der Waals surface area (Å²) >= 11 is 0. The van der Waals surface area contributed by atoms with Crippen molar-refractivity contribution in [2.75, 3.05) is 7.11 Å². The maximum Gasteiger partial charge on any atom is 0.275 e. The molecule has 27 heavy (non-hydrogen) atoms. The second kappa shape index (κ2) is 7.62. The van der Waals surface area contributed by atoms with Crippen molar-refractivity contribution in [3.63, 3.8) is 0 Å². The lowest BCUT2D eigenvalue weighted by Crippen LogP contribution is -2.18. The fourth-order valence-corrected chi connectivity index (χ4v) is 2.86. The predicted molar refractivity (Wildman–Crippen MR) is 111 cm³/mol. The highest BCUT2D eigenvalue weighted by atomic mass is 16.5. The molecule has 0 saturated carbocycles. The van der Waals surface area contributed by atoms with Gasteiger partial charge in [-0.1, -0.05) is 69.3 Å². The Morgan fingerprint density at radius 2 is 1.63 bits per heavy atom. The van der Waals surface area contributed by atoms with E-state index in [4.69, 9.17) is 4.74 Å². The number of benzene rings is 3. The number of nitrogens with zero attached hydrogens (tertiary/aromatic N) is 1. The monoisotopic (exact) mass is 360 g/mol. The van der Waals surface area contributed by atoms with E-state index in [1.54, 1.807) is 13.3 Å². The summed E-state index contributed by atoms with van der Waals surface area (Å²) in [6.07, 6.45) is 1.64. The Hall–Kier alpha value is -3.14. The molecule has 3 aromatic carbocycles. The molecule has 4 nitrogen and oxygen atoms in total. The number of ether oxygens (including phenoxy) is 1. The topological polar surface area (TPSA) is 50.7 Å². The number of hydrogen-bond donors (Lipinski definition) is 1. The second-order valence-corrected chi connectivity index (χ2v) is 7.47. The molecule has 3 aromatic rings. The maximum atomic E-state index is 12.5. The number of hydrogen-bond acceptors (Lipinski definition) is 3. The molecule has 0 aliphatic rings. The number of rotatable bonds is 4. The number of amides is 1. The largest absolute Gasteiger partial charge is 0.496 e. The van der Waals surface area contributed by atoms with Crippen molar-refractivity contribution in [3.8, 4) is 5.75 Å². The van der Waals surface area contributed by atoms with E-state index in [1.165, 1.54) is 5.56 Å². The van der Waals surface area contributed by atoms with Gasteiger partial charge in [0.05, 0.1) is 18.9 Å². The number of fused-ring (bicyclic) bond motifs is 1. The first-order valence-electron chi connectivity index (χ1n) is 8.89. The van der Waals surface area contributed by atoms with Crippen molar-refractivity contribution in [1.29, 1.82) is 0 Å². The van der Waals surface area contributed by atoms with Crippen LogP contribution in [-0.4, -0.2) is 19.2 Å². The molecule has 1 amide bonds. The number of carbonyl (C=O) groups excluding carboxylic acids is 1. The number of nitrogens with one attached hydrogen (secondary N) is 1. The highest BCUT2D eigenvalue weighted by Crippen LogP contribution is 2.26. The number of hydrazone groups is 1. The Balaban J connectivity index is 1.75. The molecule has 0 unspecified atom stereocenters. The minimum Gasteiger partial charge on any atom is -0.496 e. The van der Waals surface area contributed by atoms with E-state index in [-0.39, 0.29) is 11.3 Å². The van der Waals surface area contributed by atoms with Crippen molar-refractivity contribution in [2.24, 2.45) is 5.10 Å². The number of methoxy groups -OCH3 is 1. The molecule has 0 aliphatic heterocycles. The van der Waals surface area contributed by atoms with E-state index in [1.807, 2.05) is 48.5 Å². The van der Waals surface area contributed by atoms with E-state index in [0.29, 0.717) is 11.3 Å². The summed E-state index contributed by atoms with van der Waals surface area (Å²) in [7, 11) is 1.56. The van der Waals surface area contributed by atoms with Gasteiger partial charge in [-0.15, -0.1) is 0 Å². The highest BCUT2D eigenvalue weighted by Gasteiger charge is 2.14. The molecule has 4 heteroatoms. The Kier molecular flexibility index (Phi) is 5.26. The average molecular weight is 360 g/mol. The standard InChI is InChI=1S/C23H24N2O2/c1-23(2,3)19-11-9-16(10-12-19)15-24-25-22(26)20-13-17-7-5-6-8-18(17)14-21(20)27-4/h5-15H,1-4H3,(H,25,26). The molecular weight excluding hydrogens is 336 g/mol.